The van der Waals surface area contributed by atoms with Gasteiger partial charge in [0.2, 0.25) is 0 Å². The maximum Gasteiger partial charge on any atom is 0.326 e. The van der Waals surface area contributed by atoms with Crippen LogP contribution < -0.4 is 10.1 Å². The molecule has 0 aromatic carbocycles. The van der Waals surface area contributed by atoms with E-state index in [2.05, 4.69) is 10.3 Å². The van der Waals surface area contributed by atoms with Crippen molar-refractivity contribution in [2.75, 3.05) is 0 Å². The first kappa shape index (κ1) is 14.9. The summed E-state index contributed by atoms with van der Waals surface area (Å²) in [6.45, 7) is 5.01. The number of carboxylic acid groups (broad SMARTS) is 1. The fourth-order valence-electron chi connectivity index (χ4n) is 1.46. The van der Waals surface area contributed by atoms with E-state index in [-0.39, 0.29) is 5.92 Å². The number of aliphatic carboxylic acids is 1. The van der Waals surface area contributed by atoms with Gasteiger partial charge in [0.05, 0.1) is 6.20 Å². The summed E-state index contributed by atoms with van der Waals surface area (Å²) in [6.07, 6.45) is 2.29. The van der Waals surface area contributed by atoms with Gasteiger partial charge in [-0.2, -0.15) is 0 Å². The zero-order valence-electron chi connectivity index (χ0n) is 11.2. The summed E-state index contributed by atoms with van der Waals surface area (Å²) in [7, 11) is 0. The molecule has 104 valence electrons. The Morgan fingerprint density at radius 1 is 1.37 bits per heavy atom. The van der Waals surface area contributed by atoms with Gasteiger partial charge in [0.25, 0.3) is 5.91 Å². The van der Waals surface area contributed by atoms with Crippen molar-refractivity contribution in [1.29, 1.82) is 0 Å². The molecule has 1 unspecified atom stereocenters. The van der Waals surface area contributed by atoms with Gasteiger partial charge < -0.3 is 15.2 Å². The molecule has 6 nitrogen and oxygen atoms in total. The minimum absolute atomic E-state index is 0.202. The monoisotopic (exact) mass is 266 g/mol. The highest BCUT2D eigenvalue weighted by atomic mass is 16.5. The number of amides is 1. The smallest absolute Gasteiger partial charge is 0.326 e. The normalized spacial score (nSPS) is 13.7. The molecule has 1 rings (SSSR count). The lowest BCUT2D eigenvalue weighted by Gasteiger charge is -2.21. The summed E-state index contributed by atoms with van der Waals surface area (Å²) in [6, 6.07) is 2.44. The van der Waals surface area contributed by atoms with E-state index in [1.165, 1.54) is 6.20 Å². The maximum absolute atomic E-state index is 11.8. The average molecular weight is 266 g/mol. The maximum atomic E-state index is 11.8. The van der Waals surface area contributed by atoms with Crippen LogP contribution in [-0.4, -0.2) is 34.1 Å². The van der Waals surface area contributed by atoms with Crippen molar-refractivity contribution in [2.45, 2.75) is 32.9 Å². The van der Waals surface area contributed by atoms with E-state index in [1.54, 1.807) is 39.1 Å². The first-order valence-corrected chi connectivity index (χ1v) is 6.01. The molecule has 6 heteroatoms. The third-order valence-corrected chi connectivity index (χ3v) is 2.55. The highest BCUT2D eigenvalue weighted by Gasteiger charge is 2.26. The molecule has 1 aromatic rings. The average Bonchev–Trinajstić information content (AvgIpc) is 2.35. The van der Waals surface area contributed by atoms with Gasteiger partial charge in [0, 0.05) is 6.20 Å². The molecule has 0 aliphatic rings. The number of pyridine rings is 1. The SMILES string of the molecule is CC(Oc1cccnc1)C(=O)N[C@@H](C(=O)O)C(C)C. The number of ether oxygens (including phenoxy) is 1. The van der Waals surface area contributed by atoms with E-state index >= 15 is 0 Å². The van der Waals surface area contributed by atoms with Gasteiger partial charge in [-0.3, -0.25) is 9.78 Å². The molecule has 0 spiro atoms. The molecule has 19 heavy (non-hydrogen) atoms. The molecule has 0 aliphatic carbocycles. The molecule has 0 fully saturated rings. The first-order valence-electron chi connectivity index (χ1n) is 6.01. The van der Waals surface area contributed by atoms with Gasteiger partial charge >= 0.3 is 5.97 Å². The van der Waals surface area contributed by atoms with Crippen LogP contribution in [0.1, 0.15) is 20.8 Å². The summed E-state index contributed by atoms with van der Waals surface area (Å²) in [5.74, 6) is -1.27. The van der Waals surface area contributed by atoms with E-state index < -0.39 is 24.0 Å². The second-order valence-corrected chi connectivity index (χ2v) is 4.52. The van der Waals surface area contributed by atoms with Crippen LogP contribution in [0.3, 0.4) is 0 Å². The number of hydrogen-bond donors (Lipinski definition) is 2. The third-order valence-electron chi connectivity index (χ3n) is 2.55. The minimum atomic E-state index is -1.06. The predicted molar refractivity (Wildman–Crippen MR) is 68.7 cm³/mol. The molecule has 2 N–H and O–H groups in total. The summed E-state index contributed by atoms with van der Waals surface area (Å²) < 4.78 is 5.37. The highest BCUT2D eigenvalue weighted by molar-refractivity contribution is 5.86. The van der Waals surface area contributed by atoms with E-state index in [0.717, 1.165) is 0 Å². The standard InChI is InChI=1S/C13H18N2O4/c1-8(2)11(13(17)18)15-12(16)9(3)19-10-5-4-6-14-7-10/h4-9,11H,1-3H3,(H,15,16)(H,17,18)/t9?,11-/m1/s1. The summed E-state index contributed by atoms with van der Waals surface area (Å²) in [5, 5.41) is 11.5. The molecule has 1 amide bonds. The second-order valence-electron chi connectivity index (χ2n) is 4.52. The van der Waals surface area contributed by atoms with Crippen LogP contribution in [0.15, 0.2) is 24.5 Å². The van der Waals surface area contributed by atoms with Crippen molar-refractivity contribution in [2.24, 2.45) is 5.92 Å². The Labute approximate surface area is 111 Å². The van der Waals surface area contributed by atoms with Gasteiger partial charge in [-0.15, -0.1) is 0 Å². The fourth-order valence-corrected chi connectivity index (χ4v) is 1.46. The Balaban J connectivity index is 2.60. The van der Waals surface area contributed by atoms with E-state index in [1.807, 2.05) is 0 Å². The lowest BCUT2D eigenvalue weighted by molar-refractivity contribution is -0.144. The van der Waals surface area contributed by atoms with E-state index in [9.17, 15) is 9.59 Å². The number of carboxylic acids is 1. The zero-order chi connectivity index (χ0) is 14.4. The van der Waals surface area contributed by atoms with E-state index in [4.69, 9.17) is 9.84 Å². The number of aromatic nitrogens is 1. The quantitative estimate of drug-likeness (QED) is 0.804. The number of carbonyl (C=O) groups is 2. The van der Waals surface area contributed by atoms with Crippen LogP contribution in [0, 0.1) is 5.92 Å². The largest absolute Gasteiger partial charge is 0.480 e. The highest BCUT2D eigenvalue weighted by Crippen LogP contribution is 2.10. The van der Waals surface area contributed by atoms with Crippen molar-refractivity contribution in [3.63, 3.8) is 0 Å². The number of hydrogen-bond acceptors (Lipinski definition) is 4. The van der Waals surface area contributed by atoms with Gasteiger partial charge in [-0.25, -0.2) is 4.79 Å². The van der Waals surface area contributed by atoms with Crippen molar-refractivity contribution in [1.82, 2.24) is 10.3 Å². The Morgan fingerprint density at radius 2 is 2.05 bits per heavy atom. The number of rotatable bonds is 6. The molecule has 0 radical (unpaired) electrons. The number of nitrogens with one attached hydrogen (secondary N) is 1. The first-order chi connectivity index (χ1) is 8.91. The molecular weight excluding hydrogens is 248 g/mol. The van der Waals surface area contributed by atoms with E-state index in [0.29, 0.717) is 5.75 Å². The van der Waals surface area contributed by atoms with Crippen LogP contribution in [0.4, 0.5) is 0 Å². The molecule has 2 atom stereocenters. The van der Waals surface area contributed by atoms with Gasteiger partial charge in [0.15, 0.2) is 6.10 Å². The number of nitrogens with zero attached hydrogens (tertiary/aromatic N) is 1. The van der Waals surface area contributed by atoms with Gasteiger partial charge in [-0.1, -0.05) is 13.8 Å². The zero-order valence-corrected chi connectivity index (χ0v) is 11.2. The van der Waals surface area contributed by atoms with Crippen LogP contribution in [0.2, 0.25) is 0 Å². The Bertz CT molecular complexity index is 434. The van der Waals surface area contributed by atoms with Gasteiger partial charge in [0.1, 0.15) is 11.8 Å². The second kappa shape index (κ2) is 6.72. The van der Waals surface area contributed by atoms with Crippen molar-refractivity contribution in [3.05, 3.63) is 24.5 Å². The third kappa shape index (κ3) is 4.57. The topological polar surface area (TPSA) is 88.5 Å². The summed E-state index contributed by atoms with van der Waals surface area (Å²) in [4.78, 5) is 26.7. The van der Waals surface area contributed by atoms with Crippen molar-refractivity contribution < 1.29 is 19.4 Å². The molecule has 0 saturated carbocycles. The lowest BCUT2D eigenvalue weighted by Crippen LogP contribution is -2.48. The Kier molecular flexibility index (Phi) is 5.29. The predicted octanol–water partition coefficient (Wildman–Crippen LogP) is 1.07. The minimum Gasteiger partial charge on any atom is -0.480 e. The van der Waals surface area contributed by atoms with Crippen molar-refractivity contribution >= 4 is 11.9 Å². The van der Waals surface area contributed by atoms with Crippen LogP contribution in [-0.2, 0) is 9.59 Å². The molecule has 1 aromatic heterocycles. The molecule has 0 aliphatic heterocycles. The molecular formula is C13H18N2O4. The van der Waals surface area contributed by atoms with Crippen LogP contribution in [0.25, 0.3) is 0 Å². The molecule has 0 bridgehead atoms. The Morgan fingerprint density at radius 3 is 2.53 bits per heavy atom. The molecule has 1 heterocycles. The molecule has 0 saturated heterocycles. The van der Waals surface area contributed by atoms with Crippen LogP contribution in [0.5, 0.6) is 5.75 Å². The van der Waals surface area contributed by atoms with Gasteiger partial charge in [-0.05, 0) is 25.0 Å². The summed E-state index contributed by atoms with van der Waals surface area (Å²) in [5.41, 5.74) is 0. The summed E-state index contributed by atoms with van der Waals surface area (Å²) >= 11 is 0. The number of carbonyl (C=O) groups excluding carboxylic acids is 1. The van der Waals surface area contributed by atoms with Crippen LogP contribution >= 0.6 is 0 Å². The van der Waals surface area contributed by atoms with Crippen molar-refractivity contribution in [3.8, 4) is 5.75 Å². The fraction of sp³-hybridized carbons (Fsp3) is 0.462. The Hall–Kier alpha value is -2.11. The lowest BCUT2D eigenvalue weighted by atomic mass is 10.0.